The number of benzene rings is 1. The average molecular weight is 368 g/mol. The van der Waals surface area contributed by atoms with Crippen LogP contribution < -0.4 is 10.5 Å². The molecular formula is C21H28N4O2. The average Bonchev–Trinajstić information content (AvgIpc) is 2.88. The first kappa shape index (κ1) is 18.2. The zero-order valence-corrected chi connectivity index (χ0v) is 16.3. The van der Waals surface area contributed by atoms with Crippen LogP contribution in [-0.4, -0.2) is 54.3 Å². The largest absolute Gasteiger partial charge is 0.378 e. The quantitative estimate of drug-likeness (QED) is 0.896. The number of ether oxygens (including phenoxy) is 1. The van der Waals surface area contributed by atoms with Gasteiger partial charge in [0.05, 0.1) is 18.9 Å². The molecule has 144 valence electrons. The second kappa shape index (κ2) is 7.82. The van der Waals surface area contributed by atoms with Crippen LogP contribution in [0.5, 0.6) is 0 Å². The van der Waals surface area contributed by atoms with Gasteiger partial charge in [0.2, 0.25) is 5.95 Å². The lowest BCUT2D eigenvalue weighted by Gasteiger charge is -2.27. The summed E-state index contributed by atoms with van der Waals surface area (Å²) in [6, 6.07) is 6.68. The van der Waals surface area contributed by atoms with Crippen molar-refractivity contribution in [3.8, 4) is 0 Å². The van der Waals surface area contributed by atoms with Crippen molar-refractivity contribution in [3.05, 3.63) is 56.5 Å². The smallest absolute Gasteiger partial charge is 0.255 e. The van der Waals surface area contributed by atoms with Gasteiger partial charge >= 0.3 is 0 Å². The highest BCUT2D eigenvalue weighted by Gasteiger charge is 2.21. The molecule has 4 rings (SSSR count). The van der Waals surface area contributed by atoms with E-state index in [2.05, 4.69) is 46.8 Å². The van der Waals surface area contributed by atoms with Crippen LogP contribution in [0.4, 0.5) is 5.95 Å². The molecule has 0 spiro atoms. The summed E-state index contributed by atoms with van der Waals surface area (Å²) in [4.78, 5) is 25.0. The monoisotopic (exact) mass is 368 g/mol. The van der Waals surface area contributed by atoms with Gasteiger partial charge in [0.25, 0.3) is 5.56 Å². The Kier molecular flexibility index (Phi) is 5.27. The summed E-state index contributed by atoms with van der Waals surface area (Å²) >= 11 is 0. The summed E-state index contributed by atoms with van der Waals surface area (Å²) in [7, 11) is 0. The number of aromatic amines is 1. The van der Waals surface area contributed by atoms with Crippen molar-refractivity contribution in [2.75, 3.05) is 44.3 Å². The van der Waals surface area contributed by atoms with E-state index in [9.17, 15) is 4.79 Å². The van der Waals surface area contributed by atoms with E-state index >= 15 is 0 Å². The van der Waals surface area contributed by atoms with E-state index in [1.54, 1.807) is 0 Å². The van der Waals surface area contributed by atoms with Gasteiger partial charge in [-0.3, -0.25) is 14.7 Å². The predicted molar refractivity (Wildman–Crippen MR) is 106 cm³/mol. The lowest BCUT2D eigenvalue weighted by Crippen LogP contribution is -2.38. The third-order valence-corrected chi connectivity index (χ3v) is 5.72. The van der Waals surface area contributed by atoms with E-state index < -0.39 is 0 Å². The number of aryl methyl sites for hydroxylation is 2. The number of anilines is 1. The van der Waals surface area contributed by atoms with Crippen LogP contribution in [-0.2, 0) is 24.1 Å². The number of fused-ring (bicyclic) bond motifs is 1. The van der Waals surface area contributed by atoms with Crippen molar-refractivity contribution in [1.82, 2.24) is 14.9 Å². The van der Waals surface area contributed by atoms with Crippen molar-refractivity contribution in [2.24, 2.45) is 0 Å². The fourth-order valence-electron chi connectivity index (χ4n) is 3.88. The number of rotatable bonds is 3. The van der Waals surface area contributed by atoms with Crippen molar-refractivity contribution >= 4 is 5.95 Å². The van der Waals surface area contributed by atoms with Crippen LogP contribution in [0.1, 0.15) is 27.9 Å². The number of hydrogen-bond donors (Lipinski definition) is 1. The minimum atomic E-state index is 0.0227. The van der Waals surface area contributed by atoms with Crippen LogP contribution in [0.3, 0.4) is 0 Å². The molecule has 2 aliphatic heterocycles. The number of aromatic nitrogens is 2. The highest BCUT2D eigenvalue weighted by molar-refractivity contribution is 5.35. The Balaban J connectivity index is 1.49. The SMILES string of the molecule is Cc1ccc(CN2CCc3nc(N4CCOCC4)[nH]c(=O)c3CC2)cc1C. The van der Waals surface area contributed by atoms with Gasteiger partial charge in [-0.25, -0.2) is 4.98 Å². The Morgan fingerprint density at radius 3 is 2.63 bits per heavy atom. The second-order valence-electron chi connectivity index (χ2n) is 7.61. The minimum absolute atomic E-state index is 0.0227. The lowest BCUT2D eigenvalue weighted by molar-refractivity contribution is 0.122. The molecule has 0 unspecified atom stereocenters. The van der Waals surface area contributed by atoms with E-state index in [4.69, 9.17) is 9.72 Å². The molecule has 6 nitrogen and oxygen atoms in total. The Bertz CT molecular complexity index is 871. The molecule has 1 N–H and O–H groups in total. The number of H-pyrrole nitrogens is 1. The normalized spacial score (nSPS) is 18.2. The lowest BCUT2D eigenvalue weighted by atomic mass is 10.1. The Morgan fingerprint density at radius 1 is 1.07 bits per heavy atom. The highest BCUT2D eigenvalue weighted by Crippen LogP contribution is 2.17. The first-order chi connectivity index (χ1) is 13.1. The predicted octanol–water partition coefficient (Wildman–Crippen LogP) is 1.82. The van der Waals surface area contributed by atoms with E-state index in [-0.39, 0.29) is 5.56 Å². The molecule has 0 saturated carbocycles. The molecule has 6 heteroatoms. The maximum atomic E-state index is 12.7. The van der Waals surface area contributed by atoms with Gasteiger partial charge < -0.3 is 9.64 Å². The number of hydrogen-bond acceptors (Lipinski definition) is 5. The van der Waals surface area contributed by atoms with Crippen molar-refractivity contribution in [1.29, 1.82) is 0 Å². The third kappa shape index (κ3) is 4.06. The van der Waals surface area contributed by atoms with Gasteiger partial charge in [-0.2, -0.15) is 0 Å². The molecule has 0 atom stereocenters. The number of nitrogens with zero attached hydrogens (tertiary/aromatic N) is 3. The van der Waals surface area contributed by atoms with Crippen LogP contribution in [0.25, 0.3) is 0 Å². The molecule has 2 aromatic rings. The fourth-order valence-corrected chi connectivity index (χ4v) is 3.88. The Hall–Kier alpha value is -2.18. The Morgan fingerprint density at radius 2 is 1.85 bits per heavy atom. The molecule has 1 aromatic carbocycles. The van der Waals surface area contributed by atoms with Gasteiger partial charge in [0, 0.05) is 44.7 Å². The topological polar surface area (TPSA) is 61.5 Å². The van der Waals surface area contributed by atoms with Gasteiger partial charge in [-0.15, -0.1) is 0 Å². The first-order valence-electron chi connectivity index (χ1n) is 9.83. The number of nitrogens with one attached hydrogen (secondary N) is 1. The van der Waals surface area contributed by atoms with Crippen LogP contribution >= 0.6 is 0 Å². The van der Waals surface area contributed by atoms with Crippen molar-refractivity contribution in [2.45, 2.75) is 33.2 Å². The van der Waals surface area contributed by atoms with Crippen LogP contribution in [0, 0.1) is 13.8 Å². The zero-order chi connectivity index (χ0) is 18.8. The zero-order valence-electron chi connectivity index (χ0n) is 16.3. The molecule has 1 fully saturated rings. The van der Waals surface area contributed by atoms with Crippen molar-refractivity contribution in [3.63, 3.8) is 0 Å². The molecule has 27 heavy (non-hydrogen) atoms. The van der Waals surface area contributed by atoms with Gasteiger partial charge in [-0.1, -0.05) is 18.2 Å². The summed E-state index contributed by atoms with van der Waals surface area (Å²) in [6.45, 7) is 9.97. The molecular weight excluding hydrogens is 340 g/mol. The van der Waals surface area contributed by atoms with Crippen molar-refractivity contribution < 1.29 is 4.74 Å². The number of morpholine rings is 1. The van der Waals surface area contributed by atoms with E-state index in [0.717, 1.165) is 56.8 Å². The molecule has 0 radical (unpaired) electrons. The molecule has 1 aromatic heterocycles. The summed E-state index contributed by atoms with van der Waals surface area (Å²) < 4.78 is 5.40. The molecule has 0 bridgehead atoms. The minimum Gasteiger partial charge on any atom is -0.378 e. The first-order valence-corrected chi connectivity index (χ1v) is 9.83. The fraction of sp³-hybridized carbons (Fsp3) is 0.524. The second-order valence-corrected chi connectivity index (χ2v) is 7.61. The molecule has 0 amide bonds. The summed E-state index contributed by atoms with van der Waals surface area (Å²) in [5, 5.41) is 0. The summed E-state index contributed by atoms with van der Waals surface area (Å²) in [5.41, 5.74) is 5.83. The standard InChI is InChI=1S/C21H28N4O2/c1-15-3-4-17(13-16(15)2)14-24-7-5-18-19(6-8-24)22-21(23-20(18)26)25-9-11-27-12-10-25/h3-4,13H,5-12,14H2,1-2H3,(H,22,23,26). The maximum absolute atomic E-state index is 12.7. The van der Waals surface area contributed by atoms with Crippen LogP contribution in [0.2, 0.25) is 0 Å². The molecule has 2 aliphatic rings. The van der Waals surface area contributed by atoms with E-state index in [1.807, 2.05) is 0 Å². The molecule has 0 aliphatic carbocycles. The molecule has 3 heterocycles. The third-order valence-electron chi connectivity index (χ3n) is 5.72. The van der Waals surface area contributed by atoms with E-state index in [0.29, 0.717) is 19.2 Å². The summed E-state index contributed by atoms with van der Waals surface area (Å²) in [5.74, 6) is 0.699. The van der Waals surface area contributed by atoms with Gasteiger partial charge in [0.15, 0.2) is 0 Å². The summed E-state index contributed by atoms with van der Waals surface area (Å²) in [6.07, 6.45) is 1.58. The highest BCUT2D eigenvalue weighted by atomic mass is 16.5. The van der Waals surface area contributed by atoms with E-state index in [1.165, 1.54) is 16.7 Å². The maximum Gasteiger partial charge on any atom is 0.255 e. The molecule has 1 saturated heterocycles. The van der Waals surface area contributed by atoms with Gasteiger partial charge in [-0.05, 0) is 37.0 Å². The van der Waals surface area contributed by atoms with Crippen LogP contribution in [0.15, 0.2) is 23.0 Å². The Labute approximate surface area is 160 Å². The van der Waals surface area contributed by atoms with Gasteiger partial charge in [0.1, 0.15) is 0 Å².